The van der Waals surface area contributed by atoms with Gasteiger partial charge in [0.1, 0.15) is 11.6 Å². The third-order valence-electron chi connectivity index (χ3n) is 2.58. The second kappa shape index (κ2) is 5.41. The van der Waals surface area contributed by atoms with Crippen LogP contribution in [0, 0.1) is 11.6 Å². The van der Waals surface area contributed by atoms with Crippen molar-refractivity contribution in [1.29, 1.82) is 0 Å². The SMILES string of the molecule is C=Cc1cccc(/C=C/c2cccc(F)c2)c1F. The molecule has 0 aromatic heterocycles. The van der Waals surface area contributed by atoms with E-state index in [0.717, 1.165) is 0 Å². The quantitative estimate of drug-likeness (QED) is 0.679. The van der Waals surface area contributed by atoms with Crippen molar-refractivity contribution in [2.24, 2.45) is 0 Å². The zero-order valence-corrected chi connectivity index (χ0v) is 9.74. The van der Waals surface area contributed by atoms with Crippen LogP contribution < -0.4 is 0 Å². The normalized spacial score (nSPS) is 10.8. The molecule has 0 unspecified atom stereocenters. The molecule has 0 atom stereocenters. The van der Waals surface area contributed by atoms with Crippen LogP contribution in [0.3, 0.4) is 0 Å². The number of benzene rings is 2. The monoisotopic (exact) mass is 242 g/mol. The van der Waals surface area contributed by atoms with Gasteiger partial charge in [-0.3, -0.25) is 0 Å². The van der Waals surface area contributed by atoms with E-state index in [1.54, 1.807) is 42.5 Å². The van der Waals surface area contributed by atoms with Gasteiger partial charge in [-0.25, -0.2) is 8.78 Å². The Balaban J connectivity index is 2.32. The Morgan fingerprint density at radius 1 is 0.889 bits per heavy atom. The highest BCUT2D eigenvalue weighted by Gasteiger charge is 2.02. The van der Waals surface area contributed by atoms with E-state index in [2.05, 4.69) is 6.58 Å². The molecule has 2 aromatic carbocycles. The summed E-state index contributed by atoms with van der Waals surface area (Å²) in [4.78, 5) is 0. The molecule has 90 valence electrons. The van der Waals surface area contributed by atoms with Gasteiger partial charge in [0.15, 0.2) is 0 Å². The zero-order valence-electron chi connectivity index (χ0n) is 9.74. The summed E-state index contributed by atoms with van der Waals surface area (Å²) in [6.45, 7) is 3.55. The molecule has 0 aliphatic rings. The first-order valence-corrected chi connectivity index (χ1v) is 5.55. The molecule has 0 amide bonds. The smallest absolute Gasteiger partial charge is 0.137 e. The van der Waals surface area contributed by atoms with Gasteiger partial charge in [-0.2, -0.15) is 0 Å². The zero-order chi connectivity index (χ0) is 13.0. The van der Waals surface area contributed by atoms with Gasteiger partial charge < -0.3 is 0 Å². The minimum atomic E-state index is -0.319. The fraction of sp³-hybridized carbons (Fsp3) is 0. The standard InChI is InChI=1S/C16H12F2/c1-2-13-6-4-7-14(16(13)18)10-9-12-5-3-8-15(17)11-12/h2-11H,1H2/b10-9+. The summed E-state index contributed by atoms with van der Waals surface area (Å²) in [6.07, 6.45) is 4.76. The highest BCUT2D eigenvalue weighted by Crippen LogP contribution is 2.17. The molecule has 0 fully saturated rings. The number of hydrogen-bond acceptors (Lipinski definition) is 0. The van der Waals surface area contributed by atoms with Gasteiger partial charge in [0.2, 0.25) is 0 Å². The van der Waals surface area contributed by atoms with Gasteiger partial charge in [-0.15, -0.1) is 0 Å². The molecule has 0 saturated carbocycles. The molecule has 0 heterocycles. The molecular formula is C16H12F2. The van der Waals surface area contributed by atoms with Gasteiger partial charge in [-0.1, -0.05) is 55.1 Å². The predicted molar refractivity (Wildman–Crippen MR) is 71.8 cm³/mol. The van der Waals surface area contributed by atoms with Crippen molar-refractivity contribution < 1.29 is 8.78 Å². The lowest BCUT2D eigenvalue weighted by molar-refractivity contribution is 0.622. The van der Waals surface area contributed by atoms with Crippen molar-refractivity contribution in [2.75, 3.05) is 0 Å². The maximum absolute atomic E-state index is 13.9. The highest BCUT2D eigenvalue weighted by molar-refractivity contribution is 5.71. The first-order valence-electron chi connectivity index (χ1n) is 5.55. The second-order valence-corrected chi connectivity index (χ2v) is 3.84. The topological polar surface area (TPSA) is 0 Å². The van der Waals surface area contributed by atoms with Crippen LogP contribution in [0.2, 0.25) is 0 Å². The lowest BCUT2D eigenvalue weighted by Gasteiger charge is -2.00. The molecule has 18 heavy (non-hydrogen) atoms. The Kier molecular flexibility index (Phi) is 3.68. The van der Waals surface area contributed by atoms with E-state index in [4.69, 9.17) is 0 Å². The highest BCUT2D eigenvalue weighted by atomic mass is 19.1. The van der Waals surface area contributed by atoms with E-state index < -0.39 is 0 Å². The van der Waals surface area contributed by atoms with E-state index >= 15 is 0 Å². The van der Waals surface area contributed by atoms with Crippen molar-refractivity contribution in [1.82, 2.24) is 0 Å². The summed E-state index contributed by atoms with van der Waals surface area (Å²) >= 11 is 0. The van der Waals surface area contributed by atoms with Gasteiger partial charge in [0.25, 0.3) is 0 Å². The van der Waals surface area contributed by atoms with Crippen LogP contribution in [0.5, 0.6) is 0 Å². The Bertz CT molecular complexity index is 598. The number of hydrogen-bond donors (Lipinski definition) is 0. The molecule has 0 bridgehead atoms. The third kappa shape index (κ3) is 2.72. The Morgan fingerprint density at radius 2 is 1.61 bits per heavy atom. The molecule has 2 aromatic rings. The van der Waals surface area contributed by atoms with E-state index in [-0.39, 0.29) is 11.6 Å². The average Bonchev–Trinajstić information content (AvgIpc) is 2.38. The molecule has 0 radical (unpaired) electrons. The fourth-order valence-corrected chi connectivity index (χ4v) is 1.65. The summed E-state index contributed by atoms with van der Waals surface area (Å²) in [5.41, 5.74) is 1.60. The maximum Gasteiger partial charge on any atom is 0.137 e. The molecule has 0 spiro atoms. The molecule has 0 nitrogen and oxygen atoms in total. The van der Waals surface area contributed by atoms with Crippen LogP contribution in [0.1, 0.15) is 16.7 Å². The Labute approximate surface area is 105 Å². The van der Waals surface area contributed by atoms with Crippen molar-refractivity contribution in [3.63, 3.8) is 0 Å². The lowest BCUT2D eigenvalue weighted by atomic mass is 10.1. The first-order chi connectivity index (χ1) is 8.70. The molecular weight excluding hydrogens is 230 g/mol. The summed E-state index contributed by atoms with van der Waals surface area (Å²) in [5.74, 6) is -0.627. The van der Waals surface area contributed by atoms with Crippen molar-refractivity contribution in [2.45, 2.75) is 0 Å². The Hall–Kier alpha value is -2.22. The molecule has 0 aliphatic heterocycles. The first kappa shape index (κ1) is 12.2. The van der Waals surface area contributed by atoms with Crippen molar-refractivity contribution in [3.8, 4) is 0 Å². The minimum Gasteiger partial charge on any atom is -0.207 e. The van der Waals surface area contributed by atoms with Gasteiger partial charge in [0, 0.05) is 11.1 Å². The lowest BCUT2D eigenvalue weighted by Crippen LogP contribution is -1.86. The maximum atomic E-state index is 13.9. The van der Waals surface area contributed by atoms with Crippen molar-refractivity contribution >= 4 is 18.2 Å². The van der Waals surface area contributed by atoms with E-state index in [9.17, 15) is 8.78 Å². The van der Waals surface area contributed by atoms with Crippen molar-refractivity contribution in [3.05, 3.63) is 77.4 Å². The average molecular weight is 242 g/mol. The number of rotatable bonds is 3. The van der Waals surface area contributed by atoms with Crippen LogP contribution in [-0.4, -0.2) is 0 Å². The minimum absolute atomic E-state index is 0.308. The van der Waals surface area contributed by atoms with E-state index in [1.165, 1.54) is 18.2 Å². The molecule has 0 saturated heterocycles. The summed E-state index contributed by atoms with van der Waals surface area (Å²) < 4.78 is 26.8. The number of halogens is 2. The van der Waals surface area contributed by atoms with Crippen LogP contribution in [0.25, 0.3) is 18.2 Å². The molecule has 2 rings (SSSR count). The molecule has 2 heteroatoms. The van der Waals surface area contributed by atoms with Crippen LogP contribution in [0.4, 0.5) is 8.78 Å². The fourth-order valence-electron chi connectivity index (χ4n) is 1.65. The largest absolute Gasteiger partial charge is 0.207 e. The van der Waals surface area contributed by atoms with E-state index in [1.807, 2.05) is 0 Å². The Morgan fingerprint density at radius 3 is 2.33 bits per heavy atom. The van der Waals surface area contributed by atoms with Crippen LogP contribution >= 0.6 is 0 Å². The summed E-state index contributed by atoms with van der Waals surface area (Å²) in [6, 6.07) is 11.2. The second-order valence-electron chi connectivity index (χ2n) is 3.84. The van der Waals surface area contributed by atoms with Crippen LogP contribution in [-0.2, 0) is 0 Å². The summed E-state index contributed by atoms with van der Waals surface area (Å²) in [7, 11) is 0. The predicted octanol–water partition coefficient (Wildman–Crippen LogP) is 4.78. The van der Waals surface area contributed by atoms with E-state index in [0.29, 0.717) is 16.7 Å². The third-order valence-corrected chi connectivity index (χ3v) is 2.58. The van der Waals surface area contributed by atoms with Crippen LogP contribution in [0.15, 0.2) is 49.0 Å². The van der Waals surface area contributed by atoms with Gasteiger partial charge in [-0.05, 0) is 17.7 Å². The molecule has 0 N–H and O–H groups in total. The van der Waals surface area contributed by atoms with Gasteiger partial charge >= 0.3 is 0 Å². The summed E-state index contributed by atoms with van der Waals surface area (Å²) in [5, 5.41) is 0. The molecule has 0 aliphatic carbocycles. The van der Waals surface area contributed by atoms with Gasteiger partial charge in [0.05, 0.1) is 0 Å².